The van der Waals surface area contributed by atoms with E-state index in [-0.39, 0.29) is 5.76 Å². The Morgan fingerprint density at radius 2 is 1.47 bits per heavy atom. The van der Waals surface area contributed by atoms with Crippen LogP contribution in [0.3, 0.4) is 0 Å². The van der Waals surface area contributed by atoms with E-state index in [2.05, 4.69) is 0 Å². The third-order valence-electron chi connectivity index (χ3n) is 2.09. The highest BCUT2D eigenvalue weighted by molar-refractivity contribution is 5.77. The Labute approximate surface area is 90.4 Å². The molecule has 0 heterocycles. The topological polar surface area (TPSA) is 57.5 Å². The molecule has 0 saturated heterocycles. The van der Waals surface area contributed by atoms with Gasteiger partial charge in [-0.05, 0) is 27.7 Å². The number of allylic oxidation sites excluding steroid dienone is 5. The molecule has 3 heteroatoms. The zero-order chi connectivity index (χ0) is 12.1. The van der Waals surface area contributed by atoms with Gasteiger partial charge >= 0.3 is 5.97 Å². The molecule has 0 aliphatic carbocycles. The SMILES string of the molecule is C\C=C/C(/C=C/C)=C(/O)C(C)(C)C(=O)O. The lowest BCUT2D eigenvalue weighted by Gasteiger charge is -2.19. The second kappa shape index (κ2) is 5.39. The molecule has 0 rings (SSSR count). The fourth-order valence-electron chi connectivity index (χ4n) is 1.03. The van der Waals surface area contributed by atoms with Gasteiger partial charge in [0, 0.05) is 5.57 Å². The van der Waals surface area contributed by atoms with Crippen LogP contribution in [-0.2, 0) is 4.79 Å². The van der Waals surface area contributed by atoms with Crippen LogP contribution in [0.4, 0.5) is 0 Å². The van der Waals surface area contributed by atoms with Crippen molar-refractivity contribution in [1.82, 2.24) is 0 Å². The summed E-state index contributed by atoms with van der Waals surface area (Å²) < 4.78 is 0. The number of rotatable bonds is 4. The number of hydrogen-bond donors (Lipinski definition) is 2. The molecular weight excluding hydrogens is 192 g/mol. The molecule has 0 spiro atoms. The van der Waals surface area contributed by atoms with E-state index in [0.29, 0.717) is 5.57 Å². The van der Waals surface area contributed by atoms with E-state index >= 15 is 0 Å². The summed E-state index contributed by atoms with van der Waals surface area (Å²) in [6.45, 7) is 6.56. The summed E-state index contributed by atoms with van der Waals surface area (Å²) in [6, 6.07) is 0. The van der Waals surface area contributed by atoms with Crippen LogP contribution in [0.5, 0.6) is 0 Å². The molecular formula is C12H18O3. The molecule has 0 amide bonds. The number of aliphatic carboxylic acids is 1. The van der Waals surface area contributed by atoms with E-state index in [0.717, 1.165) is 0 Å². The molecule has 3 nitrogen and oxygen atoms in total. The molecule has 0 radical (unpaired) electrons. The summed E-state index contributed by atoms with van der Waals surface area (Å²) >= 11 is 0. The zero-order valence-corrected chi connectivity index (χ0v) is 9.61. The highest BCUT2D eigenvalue weighted by atomic mass is 16.4. The van der Waals surface area contributed by atoms with Gasteiger partial charge in [-0.3, -0.25) is 4.79 Å². The van der Waals surface area contributed by atoms with Crippen LogP contribution in [0.25, 0.3) is 0 Å². The Morgan fingerprint density at radius 3 is 1.73 bits per heavy atom. The van der Waals surface area contributed by atoms with Crippen molar-refractivity contribution in [3.8, 4) is 0 Å². The van der Waals surface area contributed by atoms with Crippen LogP contribution in [0.15, 0.2) is 35.6 Å². The van der Waals surface area contributed by atoms with Gasteiger partial charge < -0.3 is 10.2 Å². The predicted octanol–water partition coefficient (Wildman–Crippen LogP) is 3.06. The fourth-order valence-corrected chi connectivity index (χ4v) is 1.03. The van der Waals surface area contributed by atoms with Gasteiger partial charge in [0.05, 0.1) is 0 Å². The third kappa shape index (κ3) is 3.27. The molecule has 0 atom stereocenters. The lowest BCUT2D eigenvalue weighted by molar-refractivity contribution is -0.146. The van der Waals surface area contributed by atoms with Gasteiger partial charge in [0.15, 0.2) is 0 Å². The first-order chi connectivity index (χ1) is 6.87. The Kier molecular flexibility index (Phi) is 4.85. The molecule has 0 aliphatic rings. The van der Waals surface area contributed by atoms with Crippen LogP contribution >= 0.6 is 0 Å². The standard InChI is InChI=1S/C12H18O3/c1-5-7-9(8-6-2)10(13)12(3,4)11(14)15/h5-8,13H,1-4H3,(H,14,15)/b7-5-,8-6+,10-9-. The maximum atomic E-state index is 10.9. The zero-order valence-electron chi connectivity index (χ0n) is 9.61. The molecule has 0 unspecified atom stereocenters. The molecule has 2 N–H and O–H groups in total. The number of carboxylic acid groups (broad SMARTS) is 1. The Morgan fingerprint density at radius 1 is 1.07 bits per heavy atom. The van der Waals surface area contributed by atoms with Gasteiger partial charge in [0.25, 0.3) is 0 Å². The van der Waals surface area contributed by atoms with E-state index < -0.39 is 11.4 Å². The first-order valence-corrected chi connectivity index (χ1v) is 4.80. The van der Waals surface area contributed by atoms with Crippen LogP contribution in [-0.4, -0.2) is 16.2 Å². The van der Waals surface area contributed by atoms with Gasteiger partial charge in [0.2, 0.25) is 0 Å². The van der Waals surface area contributed by atoms with Gasteiger partial charge in [-0.2, -0.15) is 0 Å². The van der Waals surface area contributed by atoms with Gasteiger partial charge in [-0.15, -0.1) is 0 Å². The third-order valence-corrected chi connectivity index (χ3v) is 2.09. The largest absolute Gasteiger partial charge is 0.510 e. The van der Waals surface area contributed by atoms with Crippen molar-refractivity contribution in [2.75, 3.05) is 0 Å². The molecule has 84 valence electrons. The lowest BCUT2D eigenvalue weighted by atomic mass is 9.88. The second-order valence-corrected chi connectivity index (χ2v) is 3.73. The van der Waals surface area contributed by atoms with E-state index in [1.807, 2.05) is 13.8 Å². The molecule has 0 bridgehead atoms. The Balaban J connectivity index is 5.45. The first kappa shape index (κ1) is 13.5. The van der Waals surface area contributed by atoms with Crippen molar-refractivity contribution in [3.05, 3.63) is 35.6 Å². The number of carboxylic acids is 1. The average molecular weight is 210 g/mol. The summed E-state index contributed by atoms with van der Waals surface area (Å²) in [5, 5.41) is 18.8. The summed E-state index contributed by atoms with van der Waals surface area (Å²) in [6.07, 6.45) is 6.87. The van der Waals surface area contributed by atoms with Crippen molar-refractivity contribution in [2.24, 2.45) is 5.41 Å². The van der Waals surface area contributed by atoms with Crippen molar-refractivity contribution < 1.29 is 15.0 Å². The summed E-state index contributed by atoms with van der Waals surface area (Å²) in [7, 11) is 0. The molecule has 0 aliphatic heterocycles. The monoisotopic (exact) mass is 210 g/mol. The number of hydrogen-bond acceptors (Lipinski definition) is 2. The van der Waals surface area contributed by atoms with E-state index in [1.54, 1.807) is 24.3 Å². The fraction of sp³-hybridized carbons (Fsp3) is 0.417. The average Bonchev–Trinajstić information content (AvgIpc) is 2.16. The van der Waals surface area contributed by atoms with Crippen molar-refractivity contribution in [1.29, 1.82) is 0 Å². The van der Waals surface area contributed by atoms with Crippen molar-refractivity contribution in [2.45, 2.75) is 27.7 Å². The Bertz CT molecular complexity index is 306. The number of aliphatic hydroxyl groups excluding tert-OH is 1. The predicted molar refractivity (Wildman–Crippen MR) is 60.7 cm³/mol. The first-order valence-electron chi connectivity index (χ1n) is 4.80. The maximum absolute atomic E-state index is 10.9. The summed E-state index contributed by atoms with van der Waals surface area (Å²) in [5.41, 5.74) is -0.749. The van der Waals surface area contributed by atoms with Gasteiger partial charge in [-0.1, -0.05) is 24.3 Å². The minimum Gasteiger partial charge on any atom is -0.510 e. The van der Waals surface area contributed by atoms with E-state index in [1.165, 1.54) is 13.8 Å². The highest BCUT2D eigenvalue weighted by Gasteiger charge is 2.33. The summed E-state index contributed by atoms with van der Waals surface area (Å²) in [4.78, 5) is 10.9. The minimum atomic E-state index is -1.27. The van der Waals surface area contributed by atoms with Crippen molar-refractivity contribution in [3.63, 3.8) is 0 Å². The molecule has 0 aromatic heterocycles. The van der Waals surface area contributed by atoms with Crippen LogP contribution in [0.1, 0.15) is 27.7 Å². The Hall–Kier alpha value is -1.51. The van der Waals surface area contributed by atoms with Crippen LogP contribution in [0.2, 0.25) is 0 Å². The molecule has 0 aromatic rings. The van der Waals surface area contributed by atoms with Crippen LogP contribution < -0.4 is 0 Å². The maximum Gasteiger partial charge on any atom is 0.316 e. The van der Waals surface area contributed by atoms with Crippen molar-refractivity contribution >= 4 is 5.97 Å². The van der Waals surface area contributed by atoms with E-state index in [9.17, 15) is 9.90 Å². The molecule has 15 heavy (non-hydrogen) atoms. The van der Waals surface area contributed by atoms with Gasteiger partial charge in [-0.25, -0.2) is 0 Å². The number of carbonyl (C=O) groups is 1. The summed E-state index contributed by atoms with van der Waals surface area (Å²) in [5.74, 6) is -1.18. The minimum absolute atomic E-state index is 0.133. The quantitative estimate of drug-likeness (QED) is 0.553. The normalized spacial score (nSPS) is 14.7. The molecule has 0 aromatic carbocycles. The highest BCUT2D eigenvalue weighted by Crippen LogP contribution is 2.28. The number of aliphatic hydroxyl groups is 1. The molecule has 0 fully saturated rings. The van der Waals surface area contributed by atoms with Crippen LogP contribution in [0, 0.1) is 5.41 Å². The second-order valence-electron chi connectivity index (χ2n) is 3.73. The smallest absolute Gasteiger partial charge is 0.316 e. The van der Waals surface area contributed by atoms with E-state index in [4.69, 9.17) is 5.11 Å². The van der Waals surface area contributed by atoms with Gasteiger partial charge in [0.1, 0.15) is 11.2 Å². The lowest BCUT2D eigenvalue weighted by Crippen LogP contribution is -2.26. The molecule has 0 saturated carbocycles.